The molecule has 0 aromatic carbocycles. The van der Waals surface area contributed by atoms with Crippen molar-refractivity contribution in [2.24, 2.45) is 0 Å². The maximum absolute atomic E-state index is 12.1. The standard InChI is InChI=1S/C13H19N3OS/c1-4-16-11(12(17)15(3)13(16)18)8-7-10-6-5-9-14(10)2/h7-8H,4-6,9H2,1-3H3/b10-7-,11-8+. The monoisotopic (exact) mass is 265 g/mol. The molecule has 2 fully saturated rings. The zero-order valence-electron chi connectivity index (χ0n) is 11.1. The minimum atomic E-state index is -0.0145. The number of carbonyl (C=O) groups excluding carboxylic acids is 1. The Kier molecular flexibility index (Phi) is 3.71. The molecule has 2 aliphatic rings. The first kappa shape index (κ1) is 13.1. The number of likely N-dealkylation sites (N-methyl/N-ethyl adjacent to an activating group) is 2. The third kappa shape index (κ3) is 2.14. The van der Waals surface area contributed by atoms with E-state index in [-0.39, 0.29) is 5.91 Å². The molecular weight excluding hydrogens is 246 g/mol. The van der Waals surface area contributed by atoms with Crippen LogP contribution in [0, 0.1) is 0 Å². The van der Waals surface area contributed by atoms with Crippen LogP contribution < -0.4 is 0 Å². The number of nitrogens with zero attached hydrogens (tertiary/aromatic N) is 3. The van der Waals surface area contributed by atoms with Crippen molar-refractivity contribution in [1.82, 2.24) is 14.7 Å². The summed E-state index contributed by atoms with van der Waals surface area (Å²) in [6.45, 7) is 3.82. The fourth-order valence-corrected chi connectivity index (χ4v) is 2.65. The molecule has 2 heterocycles. The molecule has 0 radical (unpaired) electrons. The molecule has 0 aromatic heterocycles. The van der Waals surface area contributed by atoms with E-state index in [1.165, 1.54) is 17.0 Å². The molecule has 0 aromatic rings. The minimum Gasteiger partial charge on any atom is -0.378 e. The van der Waals surface area contributed by atoms with Crippen molar-refractivity contribution in [1.29, 1.82) is 0 Å². The highest BCUT2D eigenvalue weighted by atomic mass is 32.1. The van der Waals surface area contributed by atoms with Gasteiger partial charge in [-0.05, 0) is 44.1 Å². The van der Waals surface area contributed by atoms with Crippen LogP contribution in [0.2, 0.25) is 0 Å². The van der Waals surface area contributed by atoms with Crippen LogP contribution in [0.4, 0.5) is 0 Å². The summed E-state index contributed by atoms with van der Waals surface area (Å²) in [6.07, 6.45) is 6.22. The molecule has 98 valence electrons. The molecule has 0 unspecified atom stereocenters. The van der Waals surface area contributed by atoms with E-state index in [0.29, 0.717) is 10.8 Å². The van der Waals surface area contributed by atoms with Gasteiger partial charge in [-0.15, -0.1) is 0 Å². The molecule has 0 bridgehead atoms. The van der Waals surface area contributed by atoms with Crippen molar-refractivity contribution < 1.29 is 4.79 Å². The average molecular weight is 265 g/mol. The van der Waals surface area contributed by atoms with E-state index in [4.69, 9.17) is 12.2 Å². The van der Waals surface area contributed by atoms with E-state index in [0.717, 1.165) is 19.5 Å². The number of thiocarbonyl (C=S) groups is 1. The van der Waals surface area contributed by atoms with Gasteiger partial charge in [0.15, 0.2) is 5.11 Å². The molecule has 0 spiro atoms. The Hall–Kier alpha value is -1.36. The molecule has 0 aliphatic carbocycles. The molecule has 1 amide bonds. The Morgan fingerprint density at radius 3 is 2.61 bits per heavy atom. The lowest BCUT2D eigenvalue weighted by Crippen LogP contribution is -2.29. The van der Waals surface area contributed by atoms with E-state index < -0.39 is 0 Å². The van der Waals surface area contributed by atoms with Crippen LogP contribution in [0.3, 0.4) is 0 Å². The molecule has 0 saturated carbocycles. The Balaban J connectivity index is 2.26. The second-order valence-corrected chi connectivity index (χ2v) is 4.99. The average Bonchev–Trinajstić information content (AvgIpc) is 2.85. The largest absolute Gasteiger partial charge is 0.378 e. The summed E-state index contributed by atoms with van der Waals surface area (Å²) in [7, 11) is 3.81. The highest BCUT2D eigenvalue weighted by Crippen LogP contribution is 2.22. The number of carbonyl (C=O) groups is 1. The van der Waals surface area contributed by atoms with Crippen LogP contribution >= 0.6 is 12.2 Å². The van der Waals surface area contributed by atoms with Crippen molar-refractivity contribution >= 4 is 23.2 Å². The second kappa shape index (κ2) is 5.10. The number of hydrogen-bond donors (Lipinski definition) is 0. The van der Waals surface area contributed by atoms with Gasteiger partial charge in [-0.1, -0.05) is 0 Å². The summed E-state index contributed by atoms with van der Waals surface area (Å²) in [4.78, 5) is 17.7. The van der Waals surface area contributed by atoms with Crippen LogP contribution in [0.25, 0.3) is 0 Å². The van der Waals surface area contributed by atoms with Gasteiger partial charge < -0.3 is 9.80 Å². The van der Waals surface area contributed by atoms with Gasteiger partial charge in [0.05, 0.1) is 0 Å². The summed E-state index contributed by atoms with van der Waals surface area (Å²) >= 11 is 5.25. The Morgan fingerprint density at radius 2 is 2.06 bits per heavy atom. The number of allylic oxidation sites excluding steroid dienone is 3. The first-order chi connectivity index (χ1) is 8.56. The maximum atomic E-state index is 12.1. The van der Waals surface area contributed by atoms with Gasteiger partial charge >= 0.3 is 0 Å². The van der Waals surface area contributed by atoms with Gasteiger partial charge in [-0.25, -0.2) is 0 Å². The van der Waals surface area contributed by atoms with Crippen LogP contribution in [-0.4, -0.2) is 52.9 Å². The Morgan fingerprint density at radius 1 is 1.33 bits per heavy atom. The summed E-state index contributed by atoms with van der Waals surface area (Å²) < 4.78 is 0. The predicted molar refractivity (Wildman–Crippen MR) is 75.8 cm³/mol. The third-order valence-corrected chi connectivity index (χ3v) is 3.99. The lowest BCUT2D eigenvalue weighted by Gasteiger charge is -2.15. The first-order valence-electron chi connectivity index (χ1n) is 6.27. The molecule has 2 rings (SSSR count). The summed E-state index contributed by atoms with van der Waals surface area (Å²) in [6, 6.07) is 0. The number of rotatable bonds is 2. The van der Waals surface area contributed by atoms with Gasteiger partial charge in [0, 0.05) is 32.9 Å². The number of likely N-dealkylation sites (tertiary alicyclic amines) is 1. The smallest absolute Gasteiger partial charge is 0.276 e. The lowest BCUT2D eigenvalue weighted by molar-refractivity contribution is -0.121. The van der Waals surface area contributed by atoms with Crippen molar-refractivity contribution in [2.75, 3.05) is 27.2 Å². The minimum absolute atomic E-state index is 0.0145. The zero-order valence-corrected chi connectivity index (χ0v) is 12.0. The Labute approximate surface area is 114 Å². The zero-order chi connectivity index (χ0) is 13.3. The molecular formula is C13H19N3OS. The van der Waals surface area contributed by atoms with Gasteiger partial charge in [0.1, 0.15) is 5.70 Å². The van der Waals surface area contributed by atoms with Crippen LogP contribution in [-0.2, 0) is 4.79 Å². The van der Waals surface area contributed by atoms with E-state index in [9.17, 15) is 4.79 Å². The van der Waals surface area contributed by atoms with Crippen molar-refractivity contribution in [3.63, 3.8) is 0 Å². The van der Waals surface area contributed by atoms with E-state index in [2.05, 4.69) is 11.9 Å². The van der Waals surface area contributed by atoms with Crippen LogP contribution in [0.1, 0.15) is 19.8 Å². The fourth-order valence-electron chi connectivity index (χ4n) is 2.34. The predicted octanol–water partition coefficient (Wildman–Crippen LogP) is 1.56. The fraction of sp³-hybridized carbons (Fsp3) is 0.538. The molecule has 18 heavy (non-hydrogen) atoms. The van der Waals surface area contributed by atoms with Crippen molar-refractivity contribution in [3.8, 4) is 0 Å². The van der Waals surface area contributed by atoms with Crippen LogP contribution in [0.5, 0.6) is 0 Å². The highest BCUT2D eigenvalue weighted by molar-refractivity contribution is 7.80. The molecule has 0 atom stereocenters. The van der Waals surface area contributed by atoms with Crippen molar-refractivity contribution in [3.05, 3.63) is 23.5 Å². The van der Waals surface area contributed by atoms with Gasteiger partial charge in [-0.2, -0.15) is 0 Å². The number of amides is 1. The maximum Gasteiger partial charge on any atom is 0.276 e. The van der Waals surface area contributed by atoms with Crippen molar-refractivity contribution in [2.45, 2.75) is 19.8 Å². The summed E-state index contributed by atoms with van der Waals surface area (Å²) in [5.41, 5.74) is 1.96. The summed E-state index contributed by atoms with van der Waals surface area (Å²) in [5, 5.41) is 0.590. The SMILES string of the molecule is CCN1C(=S)N(C)C(=O)/C1=C\C=C1\CCCN1C. The van der Waals surface area contributed by atoms with Gasteiger partial charge in [0.25, 0.3) is 5.91 Å². The summed E-state index contributed by atoms with van der Waals surface area (Å²) in [5.74, 6) is -0.0145. The molecule has 5 heteroatoms. The first-order valence-corrected chi connectivity index (χ1v) is 6.68. The molecule has 0 N–H and O–H groups in total. The van der Waals surface area contributed by atoms with Gasteiger partial charge in [-0.3, -0.25) is 9.69 Å². The second-order valence-electron chi connectivity index (χ2n) is 4.63. The molecule has 2 saturated heterocycles. The van der Waals surface area contributed by atoms with E-state index in [1.807, 2.05) is 24.0 Å². The molecule has 2 aliphatic heterocycles. The Bertz CT molecular complexity index is 442. The van der Waals surface area contributed by atoms with Crippen LogP contribution in [0.15, 0.2) is 23.5 Å². The van der Waals surface area contributed by atoms with E-state index >= 15 is 0 Å². The third-order valence-electron chi connectivity index (χ3n) is 3.50. The van der Waals surface area contributed by atoms with E-state index in [1.54, 1.807) is 7.05 Å². The number of hydrogen-bond acceptors (Lipinski definition) is 3. The van der Waals surface area contributed by atoms with Gasteiger partial charge in [0.2, 0.25) is 0 Å². The highest BCUT2D eigenvalue weighted by Gasteiger charge is 2.33. The quantitative estimate of drug-likeness (QED) is 0.559. The topological polar surface area (TPSA) is 26.8 Å². The molecule has 4 nitrogen and oxygen atoms in total. The normalized spacial score (nSPS) is 25.2. The lowest BCUT2D eigenvalue weighted by atomic mass is 10.2.